The van der Waals surface area contributed by atoms with Gasteiger partial charge in [-0.2, -0.15) is 0 Å². The van der Waals surface area contributed by atoms with Gasteiger partial charge in [0.25, 0.3) is 0 Å². The van der Waals surface area contributed by atoms with Crippen LogP contribution in [0.2, 0.25) is 0 Å². The summed E-state index contributed by atoms with van der Waals surface area (Å²) in [5.74, 6) is -0.348. The second-order valence-corrected chi connectivity index (χ2v) is 7.34. The second kappa shape index (κ2) is 8.72. The van der Waals surface area contributed by atoms with E-state index in [-0.39, 0.29) is 12.6 Å². The second-order valence-electron chi connectivity index (χ2n) is 7.34. The minimum Gasteiger partial charge on any atom is -0.462 e. The number of carbonyl (C=O) groups is 1. The lowest BCUT2D eigenvalue weighted by atomic mass is 9.94. The summed E-state index contributed by atoms with van der Waals surface area (Å²) >= 11 is 0. The molecule has 150 valence electrons. The van der Waals surface area contributed by atoms with Crippen LogP contribution in [-0.2, 0) is 11.3 Å². The molecule has 1 fully saturated rings. The van der Waals surface area contributed by atoms with Gasteiger partial charge in [0.2, 0.25) is 0 Å². The van der Waals surface area contributed by atoms with E-state index >= 15 is 0 Å². The van der Waals surface area contributed by atoms with Crippen LogP contribution in [0.4, 0.5) is 0 Å². The standard InChI is InChI=1S/C24H26N2O3/c1-2-29-24(28)23-21(16-26(14-15-27)18-12-13-18)25-20-11-7-6-10-19(20)22(23)17-8-4-3-5-9-17/h3-11,18,27H,2,12-16H2,1H3. The largest absolute Gasteiger partial charge is 0.462 e. The molecule has 5 nitrogen and oxygen atoms in total. The lowest BCUT2D eigenvalue weighted by Crippen LogP contribution is -2.30. The van der Waals surface area contributed by atoms with E-state index in [4.69, 9.17) is 9.72 Å². The number of aliphatic hydroxyl groups is 1. The SMILES string of the molecule is CCOC(=O)c1c(CN(CCO)C2CC2)nc2ccccc2c1-c1ccccc1. The molecule has 0 saturated heterocycles. The highest BCUT2D eigenvalue weighted by Gasteiger charge is 2.31. The van der Waals surface area contributed by atoms with Gasteiger partial charge >= 0.3 is 5.97 Å². The van der Waals surface area contributed by atoms with Gasteiger partial charge in [0.1, 0.15) is 0 Å². The Labute approximate surface area is 170 Å². The molecule has 29 heavy (non-hydrogen) atoms. The minimum atomic E-state index is -0.348. The summed E-state index contributed by atoms with van der Waals surface area (Å²) in [6.45, 7) is 3.30. The number of pyridine rings is 1. The number of esters is 1. The zero-order chi connectivity index (χ0) is 20.2. The number of ether oxygens (including phenoxy) is 1. The first-order valence-electron chi connectivity index (χ1n) is 10.2. The molecule has 0 atom stereocenters. The van der Waals surface area contributed by atoms with Crippen molar-refractivity contribution in [2.75, 3.05) is 19.8 Å². The first-order valence-corrected chi connectivity index (χ1v) is 10.2. The number of aromatic nitrogens is 1. The van der Waals surface area contributed by atoms with E-state index in [0.29, 0.717) is 37.0 Å². The predicted octanol–water partition coefficient (Wildman–Crippen LogP) is 4.04. The number of rotatable bonds is 8. The fourth-order valence-electron chi connectivity index (χ4n) is 3.86. The fraction of sp³-hybridized carbons (Fsp3) is 0.333. The Bertz CT molecular complexity index is 1000. The number of benzene rings is 2. The number of carbonyl (C=O) groups excluding carboxylic acids is 1. The summed E-state index contributed by atoms with van der Waals surface area (Å²) in [5, 5.41) is 10.4. The summed E-state index contributed by atoms with van der Waals surface area (Å²) in [6, 6.07) is 18.3. The highest BCUT2D eigenvalue weighted by molar-refractivity contribution is 6.07. The summed E-state index contributed by atoms with van der Waals surface area (Å²) < 4.78 is 5.45. The molecule has 1 aliphatic rings. The Balaban J connectivity index is 1.93. The molecule has 0 bridgehead atoms. The van der Waals surface area contributed by atoms with Gasteiger partial charge in [0, 0.05) is 30.1 Å². The lowest BCUT2D eigenvalue weighted by molar-refractivity contribution is 0.0524. The Kier molecular flexibility index (Phi) is 5.88. The van der Waals surface area contributed by atoms with E-state index in [1.165, 1.54) is 0 Å². The molecule has 0 radical (unpaired) electrons. The number of hydrogen-bond acceptors (Lipinski definition) is 5. The van der Waals surface area contributed by atoms with E-state index in [9.17, 15) is 9.90 Å². The minimum absolute atomic E-state index is 0.0877. The summed E-state index contributed by atoms with van der Waals surface area (Å²) in [7, 11) is 0. The average molecular weight is 390 g/mol. The van der Waals surface area contributed by atoms with Crippen LogP contribution >= 0.6 is 0 Å². The third-order valence-corrected chi connectivity index (χ3v) is 5.31. The highest BCUT2D eigenvalue weighted by atomic mass is 16.5. The van der Waals surface area contributed by atoms with Gasteiger partial charge in [-0.15, -0.1) is 0 Å². The van der Waals surface area contributed by atoms with Crippen molar-refractivity contribution in [3.05, 3.63) is 65.9 Å². The zero-order valence-electron chi connectivity index (χ0n) is 16.7. The lowest BCUT2D eigenvalue weighted by Gasteiger charge is -2.23. The number of para-hydroxylation sites is 1. The van der Waals surface area contributed by atoms with E-state index in [1.807, 2.05) is 61.5 Å². The Hall–Kier alpha value is -2.76. The molecule has 1 saturated carbocycles. The van der Waals surface area contributed by atoms with Crippen LogP contribution in [0, 0.1) is 0 Å². The van der Waals surface area contributed by atoms with Crippen LogP contribution in [-0.4, -0.2) is 46.8 Å². The molecule has 0 aliphatic heterocycles. The quantitative estimate of drug-likeness (QED) is 0.588. The maximum atomic E-state index is 13.1. The predicted molar refractivity (Wildman–Crippen MR) is 114 cm³/mol. The van der Waals surface area contributed by atoms with Crippen LogP contribution < -0.4 is 0 Å². The number of fused-ring (bicyclic) bond motifs is 1. The highest BCUT2D eigenvalue weighted by Crippen LogP contribution is 2.35. The summed E-state index contributed by atoms with van der Waals surface area (Å²) in [4.78, 5) is 20.2. The van der Waals surface area contributed by atoms with Crippen molar-refractivity contribution >= 4 is 16.9 Å². The zero-order valence-corrected chi connectivity index (χ0v) is 16.7. The molecule has 1 aliphatic carbocycles. The fourth-order valence-corrected chi connectivity index (χ4v) is 3.86. The van der Waals surface area contributed by atoms with E-state index in [1.54, 1.807) is 0 Å². The number of aliphatic hydroxyl groups excluding tert-OH is 1. The Morgan fingerprint density at radius 2 is 1.86 bits per heavy atom. The Morgan fingerprint density at radius 3 is 2.55 bits per heavy atom. The Morgan fingerprint density at radius 1 is 1.14 bits per heavy atom. The van der Waals surface area contributed by atoms with Gasteiger partial charge < -0.3 is 9.84 Å². The average Bonchev–Trinajstić information content (AvgIpc) is 3.58. The molecule has 1 N–H and O–H groups in total. The monoisotopic (exact) mass is 390 g/mol. The maximum Gasteiger partial charge on any atom is 0.340 e. The molecule has 1 aromatic heterocycles. The van der Waals surface area contributed by atoms with E-state index in [0.717, 1.165) is 34.9 Å². The van der Waals surface area contributed by atoms with Gasteiger partial charge in [0.05, 0.1) is 30.0 Å². The van der Waals surface area contributed by atoms with Gasteiger partial charge in [0.15, 0.2) is 0 Å². The molecular weight excluding hydrogens is 364 g/mol. The van der Waals surface area contributed by atoms with Crippen molar-refractivity contribution in [3.8, 4) is 11.1 Å². The third-order valence-electron chi connectivity index (χ3n) is 5.31. The molecule has 5 heteroatoms. The van der Waals surface area contributed by atoms with Crippen LogP contribution in [0.1, 0.15) is 35.8 Å². The molecule has 0 unspecified atom stereocenters. The van der Waals surface area contributed by atoms with Gasteiger partial charge in [-0.1, -0.05) is 48.5 Å². The van der Waals surface area contributed by atoms with Crippen LogP contribution in [0.3, 0.4) is 0 Å². The third kappa shape index (κ3) is 4.16. The molecular formula is C24H26N2O3. The van der Waals surface area contributed by atoms with E-state index in [2.05, 4.69) is 4.90 Å². The van der Waals surface area contributed by atoms with Crippen LogP contribution in [0.5, 0.6) is 0 Å². The van der Waals surface area contributed by atoms with Gasteiger partial charge in [-0.05, 0) is 31.4 Å². The van der Waals surface area contributed by atoms with Crippen molar-refractivity contribution < 1.29 is 14.6 Å². The summed E-state index contributed by atoms with van der Waals surface area (Å²) in [5.41, 5.74) is 3.93. The molecule has 2 aromatic carbocycles. The molecule has 3 aromatic rings. The summed E-state index contributed by atoms with van der Waals surface area (Å²) in [6.07, 6.45) is 2.24. The maximum absolute atomic E-state index is 13.1. The van der Waals surface area contributed by atoms with Crippen LogP contribution in [0.25, 0.3) is 22.0 Å². The van der Waals surface area contributed by atoms with E-state index < -0.39 is 0 Å². The van der Waals surface area contributed by atoms with Gasteiger partial charge in [-0.3, -0.25) is 9.88 Å². The normalized spacial score (nSPS) is 13.8. The first-order chi connectivity index (χ1) is 14.2. The van der Waals surface area contributed by atoms with Crippen molar-refractivity contribution in [1.82, 2.24) is 9.88 Å². The molecule has 4 rings (SSSR count). The van der Waals surface area contributed by atoms with Crippen molar-refractivity contribution in [2.45, 2.75) is 32.4 Å². The van der Waals surface area contributed by atoms with Crippen molar-refractivity contribution in [2.24, 2.45) is 0 Å². The first kappa shape index (κ1) is 19.6. The number of hydrogen-bond donors (Lipinski definition) is 1. The topological polar surface area (TPSA) is 62.7 Å². The van der Waals surface area contributed by atoms with Crippen LogP contribution in [0.15, 0.2) is 54.6 Å². The van der Waals surface area contributed by atoms with Crippen molar-refractivity contribution in [3.63, 3.8) is 0 Å². The van der Waals surface area contributed by atoms with Crippen molar-refractivity contribution in [1.29, 1.82) is 0 Å². The molecule has 0 amide bonds. The smallest absolute Gasteiger partial charge is 0.340 e. The van der Waals surface area contributed by atoms with Gasteiger partial charge in [-0.25, -0.2) is 4.79 Å². The molecule has 1 heterocycles. The number of nitrogens with zero attached hydrogens (tertiary/aromatic N) is 2. The molecule has 0 spiro atoms.